The Hall–Kier alpha value is -3.21. The molecule has 1 aliphatic heterocycles. The monoisotopic (exact) mass is 448 g/mol. The molecular weight excluding hydrogens is 425 g/mol. The van der Waals surface area contributed by atoms with E-state index in [2.05, 4.69) is 20.3 Å². The van der Waals surface area contributed by atoms with Gasteiger partial charge in [-0.15, -0.1) is 0 Å². The summed E-state index contributed by atoms with van der Waals surface area (Å²) in [6.45, 7) is 2.14. The minimum atomic E-state index is -4.70. The molecule has 1 aliphatic rings. The largest absolute Gasteiger partial charge is 0.449 e. The predicted molar refractivity (Wildman–Crippen MR) is 111 cm³/mol. The minimum Gasteiger partial charge on any atom is -0.386 e. The van der Waals surface area contributed by atoms with Crippen LogP contribution in [0.5, 0.6) is 0 Å². The second kappa shape index (κ2) is 8.38. The molecule has 0 saturated carbocycles. The molecule has 3 aromatic rings. The van der Waals surface area contributed by atoms with Gasteiger partial charge in [-0.25, -0.2) is 15.0 Å². The number of carbonyl (C=O) groups is 1. The van der Waals surface area contributed by atoms with Crippen LogP contribution in [0.2, 0.25) is 0 Å². The van der Waals surface area contributed by atoms with E-state index in [1.807, 2.05) is 17.9 Å². The first kappa shape index (κ1) is 22.0. The van der Waals surface area contributed by atoms with Crippen LogP contribution in [0.4, 0.5) is 19.0 Å². The van der Waals surface area contributed by atoms with Gasteiger partial charge in [0.25, 0.3) is 0 Å². The van der Waals surface area contributed by atoms with E-state index >= 15 is 0 Å². The SMILES string of the molecule is Cc1cc(N2CCCC(O)(CNC(=O)Cn3c(C(F)(F)F)nc4ccccc43)C2)ncn1. The maximum absolute atomic E-state index is 13.4. The number of imidazole rings is 1. The van der Waals surface area contributed by atoms with E-state index in [0.717, 1.165) is 10.3 Å². The predicted octanol–water partition coefficient (Wildman–Crippen LogP) is 2.30. The zero-order valence-corrected chi connectivity index (χ0v) is 17.4. The summed E-state index contributed by atoms with van der Waals surface area (Å²) in [6, 6.07) is 7.94. The van der Waals surface area contributed by atoms with Crippen LogP contribution in [0, 0.1) is 6.92 Å². The van der Waals surface area contributed by atoms with Gasteiger partial charge in [-0.05, 0) is 31.9 Å². The average Bonchev–Trinajstić information content (AvgIpc) is 3.11. The molecule has 0 radical (unpaired) electrons. The quantitative estimate of drug-likeness (QED) is 0.622. The lowest BCUT2D eigenvalue weighted by Gasteiger charge is -2.39. The van der Waals surface area contributed by atoms with Crippen molar-refractivity contribution in [3.8, 4) is 0 Å². The van der Waals surface area contributed by atoms with Crippen LogP contribution < -0.4 is 10.2 Å². The molecule has 11 heteroatoms. The Labute approximate surface area is 182 Å². The van der Waals surface area contributed by atoms with E-state index in [1.165, 1.54) is 18.5 Å². The van der Waals surface area contributed by atoms with Crippen LogP contribution in [0.15, 0.2) is 36.7 Å². The van der Waals surface area contributed by atoms with Crippen molar-refractivity contribution in [3.05, 3.63) is 48.2 Å². The fourth-order valence-electron chi connectivity index (χ4n) is 3.98. The molecule has 4 rings (SSSR count). The molecule has 0 aliphatic carbocycles. The smallest absolute Gasteiger partial charge is 0.386 e. The summed E-state index contributed by atoms with van der Waals surface area (Å²) < 4.78 is 41.2. The summed E-state index contributed by atoms with van der Waals surface area (Å²) in [5, 5.41) is 13.6. The van der Waals surface area contributed by atoms with E-state index in [9.17, 15) is 23.1 Å². The number of halogens is 3. The van der Waals surface area contributed by atoms with Gasteiger partial charge in [0.1, 0.15) is 18.7 Å². The maximum Gasteiger partial charge on any atom is 0.449 e. The van der Waals surface area contributed by atoms with E-state index in [0.29, 0.717) is 25.2 Å². The molecule has 0 bridgehead atoms. The summed E-state index contributed by atoms with van der Waals surface area (Å²) >= 11 is 0. The number of piperidine rings is 1. The first-order chi connectivity index (χ1) is 15.1. The van der Waals surface area contributed by atoms with Gasteiger partial charge < -0.3 is 19.9 Å². The number of aliphatic hydroxyl groups is 1. The lowest BCUT2D eigenvalue weighted by atomic mass is 9.92. The van der Waals surface area contributed by atoms with Crippen molar-refractivity contribution in [1.29, 1.82) is 0 Å². The first-order valence-corrected chi connectivity index (χ1v) is 10.2. The summed E-state index contributed by atoms with van der Waals surface area (Å²) in [5.74, 6) is -1.08. The van der Waals surface area contributed by atoms with Gasteiger partial charge in [0.2, 0.25) is 11.7 Å². The van der Waals surface area contributed by atoms with Crippen LogP contribution >= 0.6 is 0 Å². The van der Waals surface area contributed by atoms with Crippen LogP contribution in [0.3, 0.4) is 0 Å². The molecule has 1 unspecified atom stereocenters. The number of hydrogen-bond acceptors (Lipinski definition) is 6. The Kier molecular flexibility index (Phi) is 5.76. The fourth-order valence-corrected chi connectivity index (χ4v) is 3.98. The number of nitrogens with zero attached hydrogens (tertiary/aromatic N) is 5. The van der Waals surface area contributed by atoms with Gasteiger partial charge in [-0.2, -0.15) is 13.2 Å². The number of aryl methyl sites for hydroxylation is 1. The van der Waals surface area contributed by atoms with Gasteiger partial charge >= 0.3 is 6.18 Å². The molecule has 0 spiro atoms. The molecule has 1 saturated heterocycles. The van der Waals surface area contributed by atoms with Crippen molar-refractivity contribution in [1.82, 2.24) is 24.8 Å². The zero-order valence-electron chi connectivity index (χ0n) is 17.4. The molecular formula is C21H23F3N6O2. The van der Waals surface area contributed by atoms with E-state index < -0.39 is 30.1 Å². The highest BCUT2D eigenvalue weighted by atomic mass is 19.4. The first-order valence-electron chi connectivity index (χ1n) is 10.2. The zero-order chi connectivity index (χ0) is 22.9. The number of rotatable bonds is 5. The number of amides is 1. The van der Waals surface area contributed by atoms with E-state index in [4.69, 9.17) is 0 Å². The number of para-hydroxylation sites is 2. The molecule has 2 aromatic heterocycles. The highest BCUT2D eigenvalue weighted by molar-refractivity contribution is 5.81. The van der Waals surface area contributed by atoms with Crippen LogP contribution in [-0.2, 0) is 17.5 Å². The van der Waals surface area contributed by atoms with Gasteiger partial charge in [-0.3, -0.25) is 4.79 Å². The van der Waals surface area contributed by atoms with Crippen molar-refractivity contribution in [2.75, 3.05) is 24.5 Å². The summed E-state index contributed by atoms with van der Waals surface area (Å²) in [7, 11) is 0. The Morgan fingerprint density at radius 1 is 1.28 bits per heavy atom. The molecule has 1 aromatic carbocycles. The molecule has 170 valence electrons. The van der Waals surface area contributed by atoms with Crippen molar-refractivity contribution in [2.24, 2.45) is 0 Å². The standard InChI is InChI=1S/C21H23F3N6O2/c1-14-9-17(27-13-26-14)29-8-4-7-20(32,12-29)11-25-18(31)10-30-16-6-3-2-5-15(16)28-19(30)21(22,23)24/h2-3,5-6,9,13,32H,4,7-8,10-12H2,1H3,(H,25,31). The average molecular weight is 448 g/mol. The number of aromatic nitrogens is 4. The molecule has 8 nitrogen and oxygen atoms in total. The fraction of sp³-hybridized carbons (Fsp3) is 0.429. The van der Waals surface area contributed by atoms with Crippen LogP contribution in [0.1, 0.15) is 24.4 Å². The van der Waals surface area contributed by atoms with E-state index in [1.54, 1.807) is 12.1 Å². The Morgan fingerprint density at radius 2 is 2.06 bits per heavy atom. The lowest BCUT2D eigenvalue weighted by molar-refractivity contribution is -0.147. The van der Waals surface area contributed by atoms with Crippen molar-refractivity contribution in [3.63, 3.8) is 0 Å². The number of carbonyl (C=O) groups excluding carboxylic acids is 1. The molecule has 3 heterocycles. The van der Waals surface area contributed by atoms with Gasteiger partial charge in [0, 0.05) is 31.4 Å². The number of β-amino-alcohol motifs (C(OH)–C–C–N with tert-alkyl or cyclic N) is 1. The molecule has 2 N–H and O–H groups in total. The topological polar surface area (TPSA) is 96.2 Å². The Bertz CT molecular complexity index is 1130. The highest BCUT2D eigenvalue weighted by Gasteiger charge is 2.38. The summed E-state index contributed by atoms with van der Waals surface area (Å²) in [5.41, 5.74) is -0.0483. The number of nitrogens with one attached hydrogen (secondary N) is 1. The van der Waals surface area contributed by atoms with Gasteiger partial charge in [0.05, 0.1) is 16.6 Å². The number of hydrogen-bond donors (Lipinski definition) is 2. The molecule has 1 amide bonds. The van der Waals surface area contributed by atoms with Crippen molar-refractivity contribution >= 4 is 22.8 Å². The second-order valence-corrected chi connectivity index (χ2v) is 8.05. The third-order valence-corrected chi connectivity index (χ3v) is 5.49. The molecule has 32 heavy (non-hydrogen) atoms. The number of fused-ring (bicyclic) bond motifs is 1. The molecule has 1 atom stereocenters. The minimum absolute atomic E-state index is 0.0830. The third kappa shape index (κ3) is 4.67. The van der Waals surface area contributed by atoms with E-state index in [-0.39, 0.29) is 24.1 Å². The second-order valence-electron chi connectivity index (χ2n) is 8.05. The number of benzene rings is 1. The number of anilines is 1. The number of alkyl halides is 3. The Balaban J connectivity index is 1.45. The summed E-state index contributed by atoms with van der Waals surface area (Å²) in [6.07, 6.45) is -2.11. The highest BCUT2D eigenvalue weighted by Crippen LogP contribution is 2.31. The summed E-state index contributed by atoms with van der Waals surface area (Å²) in [4.78, 5) is 26.4. The van der Waals surface area contributed by atoms with Gasteiger partial charge in [-0.1, -0.05) is 12.1 Å². The van der Waals surface area contributed by atoms with Crippen LogP contribution in [0.25, 0.3) is 11.0 Å². The van der Waals surface area contributed by atoms with Crippen LogP contribution in [-0.4, -0.2) is 55.8 Å². The van der Waals surface area contributed by atoms with Crippen molar-refractivity contribution < 1.29 is 23.1 Å². The van der Waals surface area contributed by atoms with Gasteiger partial charge in [0.15, 0.2) is 0 Å². The third-order valence-electron chi connectivity index (χ3n) is 5.49. The lowest BCUT2D eigenvalue weighted by Crippen LogP contribution is -2.55. The Morgan fingerprint density at radius 3 is 2.81 bits per heavy atom. The maximum atomic E-state index is 13.4. The van der Waals surface area contributed by atoms with Crippen molar-refractivity contribution in [2.45, 2.75) is 38.1 Å². The normalized spacial score (nSPS) is 19.3. The molecule has 1 fully saturated rings.